The van der Waals surface area contributed by atoms with Crippen molar-refractivity contribution < 1.29 is 22.7 Å². The monoisotopic (exact) mass is 448 g/mol. The van der Waals surface area contributed by atoms with Crippen LogP contribution in [0.1, 0.15) is 47.8 Å². The fourth-order valence-electron chi connectivity index (χ4n) is 3.81. The van der Waals surface area contributed by atoms with E-state index in [0.717, 1.165) is 24.8 Å². The Bertz CT molecular complexity index is 1100. The molecule has 1 saturated carbocycles. The van der Waals surface area contributed by atoms with Crippen molar-refractivity contribution in [1.29, 1.82) is 0 Å². The molecule has 6 bridgehead atoms. The summed E-state index contributed by atoms with van der Waals surface area (Å²) in [4.78, 5) is 28.7. The first-order valence-electron chi connectivity index (χ1n) is 10.1. The Morgan fingerprint density at radius 3 is 2.71 bits per heavy atom. The number of hydrogen-bond acceptors (Lipinski definition) is 8. The van der Waals surface area contributed by atoms with Crippen LogP contribution < -0.4 is 16.0 Å². The standard InChI is InChI=1S/C19H24N6O5S/c1-31(28,29)14-5-6-15-22-16-10-13(24-25-16)11-3-4-12(9-11)30-19(27)21-8-2-7-20-18(26)17(14)23-15/h5-6,10-12H,2-4,7-9H2,1H3,(H,20,26)(H,21,27)(H2,22,23,24,25)/t11-,12+/m0/s1. The molecule has 2 aromatic rings. The number of H-pyrrole nitrogens is 1. The predicted octanol–water partition coefficient (Wildman–Crippen LogP) is 1.45. The maximum atomic E-state index is 12.6. The van der Waals surface area contributed by atoms with Crippen LogP contribution in [0.2, 0.25) is 0 Å². The van der Waals surface area contributed by atoms with Crippen LogP contribution in [-0.4, -0.2) is 61.0 Å². The molecule has 0 saturated heterocycles. The van der Waals surface area contributed by atoms with Crippen LogP contribution in [0.4, 0.5) is 16.4 Å². The van der Waals surface area contributed by atoms with E-state index in [-0.39, 0.29) is 29.2 Å². The van der Waals surface area contributed by atoms with Crippen LogP contribution in [0.25, 0.3) is 0 Å². The highest BCUT2D eigenvalue weighted by molar-refractivity contribution is 7.90. The highest BCUT2D eigenvalue weighted by Crippen LogP contribution is 2.36. The minimum Gasteiger partial charge on any atom is -0.446 e. The summed E-state index contributed by atoms with van der Waals surface area (Å²) in [6.45, 7) is 0.545. The van der Waals surface area contributed by atoms with E-state index in [1.54, 1.807) is 0 Å². The predicted molar refractivity (Wildman–Crippen MR) is 111 cm³/mol. The van der Waals surface area contributed by atoms with Crippen molar-refractivity contribution in [2.45, 2.75) is 42.6 Å². The van der Waals surface area contributed by atoms with Gasteiger partial charge in [0.05, 0.1) is 4.90 Å². The van der Waals surface area contributed by atoms with E-state index in [1.807, 2.05) is 6.07 Å². The number of ether oxygens (including phenoxy) is 1. The van der Waals surface area contributed by atoms with Crippen molar-refractivity contribution >= 4 is 33.5 Å². The minimum absolute atomic E-state index is 0.156. The van der Waals surface area contributed by atoms with E-state index in [9.17, 15) is 18.0 Å². The number of nitrogens with one attached hydrogen (secondary N) is 4. The van der Waals surface area contributed by atoms with E-state index in [2.05, 4.69) is 31.1 Å². The lowest BCUT2D eigenvalue weighted by atomic mass is 10.0. The molecule has 2 amide bonds. The highest BCUT2D eigenvalue weighted by Gasteiger charge is 2.30. The number of fused-ring (bicyclic) bond motifs is 7. The quantitative estimate of drug-likeness (QED) is 0.511. The molecule has 1 aliphatic heterocycles. The molecular weight excluding hydrogens is 424 g/mol. The fraction of sp³-hybridized carbons (Fsp3) is 0.474. The van der Waals surface area contributed by atoms with Gasteiger partial charge in [-0.1, -0.05) is 0 Å². The second kappa shape index (κ2) is 8.53. The summed E-state index contributed by atoms with van der Waals surface area (Å²) in [5.74, 6) is 0.357. The fourth-order valence-corrected chi connectivity index (χ4v) is 4.61. The normalized spacial score (nSPS) is 22.4. The first kappa shape index (κ1) is 21.1. The number of carbonyl (C=O) groups is 2. The summed E-state index contributed by atoms with van der Waals surface area (Å²) in [5, 5.41) is 15.5. The number of pyridine rings is 1. The van der Waals surface area contributed by atoms with Gasteiger partial charge in [0, 0.05) is 37.0 Å². The van der Waals surface area contributed by atoms with Gasteiger partial charge in [0.2, 0.25) is 0 Å². The van der Waals surface area contributed by atoms with E-state index < -0.39 is 21.8 Å². The lowest BCUT2D eigenvalue weighted by Crippen LogP contribution is -2.32. The average molecular weight is 449 g/mol. The number of sulfone groups is 1. The van der Waals surface area contributed by atoms with Gasteiger partial charge < -0.3 is 20.7 Å². The Balaban J connectivity index is 1.64. The maximum Gasteiger partial charge on any atom is 0.407 e. The summed E-state index contributed by atoms with van der Waals surface area (Å²) in [7, 11) is -3.66. The van der Waals surface area contributed by atoms with Crippen LogP contribution in [0.5, 0.6) is 0 Å². The lowest BCUT2D eigenvalue weighted by Gasteiger charge is -2.14. The number of anilines is 2. The molecule has 3 heterocycles. The first-order valence-corrected chi connectivity index (χ1v) is 11.9. The van der Waals surface area contributed by atoms with Crippen molar-refractivity contribution in [2.75, 3.05) is 24.7 Å². The third kappa shape index (κ3) is 4.95. The van der Waals surface area contributed by atoms with Crippen molar-refractivity contribution in [1.82, 2.24) is 25.8 Å². The molecule has 4 N–H and O–H groups in total. The summed E-state index contributed by atoms with van der Waals surface area (Å²) in [6.07, 6.45) is 3.17. The van der Waals surface area contributed by atoms with Gasteiger partial charge in [0.1, 0.15) is 17.6 Å². The zero-order valence-electron chi connectivity index (χ0n) is 17.0. The molecule has 0 spiro atoms. The number of aromatic amines is 1. The first-order chi connectivity index (χ1) is 14.8. The summed E-state index contributed by atoms with van der Waals surface area (Å²) >= 11 is 0. The summed E-state index contributed by atoms with van der Waals surface area (Å²) in [6, 6.07) is 4.68. The maximum absolute atomic E-state index is 12.6. The molecule has 2 aliphatic rings. The van der Waals surface area contributed by atoms with Crippen LogP contribution in [0.3, 0.4) is 0 Å². The van der Waals surface area contributed by atoms with Gasteiger partial charge in [0.25, 0.3) is 5.91 Å². The van der Waals surface area contributed by atoms with Crippen LogP contribution >= 0.6 is 0 Å². The topological polar surface area (TPSA) is 155 Å². The molecule has 12 heteroatoms. The number of carbonyl (C=O) groups excluding carboxylic acids is 2. The highest BCUT2D eigenvalue weighted by atomic mass is 32.2. The molecule has 0 unspecified atom stereocenters. The molecule has 0 aromatic carbocycles. The van der Waals surface area contributed by atoms with Gasteiger partial charge in [-0.05, 0) is 37.8 Å². The zero-order chi connectivity index (χ0) is 22.0. The molecular formula is C19H24N6O5S. The SMILES string of the molecule is CS(=O)(=O)c1ccc2nc1C(=O)NCCCNC(=O)O[C@@H]1CC[C@@H](C1)c1cc(n[nH]1)N2. The van der Waals surface area contributed by atoms with E-state index in [1.165, 1.54) is 12.1 Å². The summed E-state index contributed by atoms with van der Waals surface area (Å²) < 4.78 is 29.7. The van der Waals surface area contributed by atoms with Gasteiger partial charge in [-0.15, -0.1) is 0 Å². The van der Waals surface area contributed by atoms with Crippen molar-refractivity contribution in [3.05, 3.63) is 29.6 Å². The average Bonchev–Trinajstić information content (AvgIpc) is 3.35. The molecule has 4 rings (SSSR count). The molecule has 11 nitrogen and oxygen atoms in total. The van der Waals surface area contributed by atoms with Crippen LogP contribution in [0.15, 0.2) is 23.1 Å². The molecule has 2 aromatic heterocycles. The Labute approximate surface area is 179 Å². The van der Waals surface area contributed by atoms with E-state index in [0.29, 0.717) is 31.0 Å². The second-order valence-electron chi connectivity index (χ2n) is 7.72. The molecule has 1 fully saturated rings. The van der Waals surface area contributed by atoms with Gasteiger partial charge >= 0.3 is 6.09 Å². The molecule has 1 aliphatic carbocycles. The van der Waals surface area contributed by atoms with Crippen molar-refractivity contribution in [3.8, 4) is 0 Å². The Morgan fingerprint density at radius 1 is 1.10 bits per heavy atom. The molecule has 0 radical (unpaired) electrons. The third-order valence-corrected chi connectivity index (χ3v) is 6.46. The number of amides is 2. The van der Waals surface area contributed by atoms with Gasteiger partial charge in [0.15, 0.2) is 15.7 Å². The summed E-state index contributed by atoms with van der Waals surface area (Å²) in [5.41, 5.74) is 0.705. The van der Waals surface area contributed by atoms with Crippen LogP contribution in [-0.2, 0) is 14.6 Å². The van der Waals surface area contributed by atoms with Gasteiger partial charge in [-0.2, -0.15) is 5.10 Å². The molecule has 2 atom stereocenters. The number of rotatable bonds is 1. The minimum atomic E-state index is -3.66. The second-order valence-corrected chi connectivity index (χ2v) is 9.71. The van der Waals surface area contributed by atoms with Gasteiger partial charge in [-0.3, -0.25) is 9.89 Å². The van der Waals surface area contributed by atoms with Crippen molar-refractivity contribution in [2.24, 2.45) is 0 Å². The number of alkyl carbamates (subject to hydrolysis) is 1. The van der Waals surface area contributed by atoms with E-state index in [4.69, 9.17) is 4.74 Å². The van der Waals surface area contributed by atoms with Crippen molar-refractivity contribution in [3.63, 3.8) is 0 Å². The lowest BCUT2D eigenvalue weighted by molar-refractivity contribution is 0.0944. The Hall–Kier alpha value is -3.15. The Morgan fingerprint density at radius 2 is 1.90 bits per heavy atom. The Kier molecular flexibility index (Phi) is 5.81. The zero-order valence-corrected chi connectivity index (χ0v) is 17.8. The number of hydrogen-bond donors (Lipinski definition) is 4. The van der Waals surface area contributed by atoms with Gasteiger partial charge in [-0.25, -0.2) is 18.2 Å². The number of nitrogens with zero attached hydrogens (tertiary/aromatic N) is 2. The largest absolute Gasteiger partial charge is 0.446 e. The number of aromatic nitrogens is 3. The van der Waals surface area contributed by atoms with E-state index >= 15 is 0 Å². The third-order valence-electron chi connectivity index (χ3n) is 5.33. The van der Waals surface area contributed by atoms with Crippen LogP contribution in [0, 0.1) is 0 Å². The smallest absolute Gasteiger partial charge is 0.407 e. The molecule has 166 valence electrons. The molecule has 31 heavy (non-hydrogen) atoms.